The smallest absolute Gasteiger partial charge is 0.356 e. The molecule has 6 heteroatoms. The van der Waals surface area contributed by atoms with E-state index in [1.807, 2.05) is 39.0 Å². The summed E-state index contributed by atoms with van der Waals surface area (Å²) in [5.41, 5.74) is 5.69. The highest BCUT2D eigenvalue weighted by molar-refractivity contribution is 6.30. The lowest BCUT2D eigenvalue weighted by molar-refractivity contribution is 0.0594. The molecule has 1 aromatic carbocycles. The van der Waals surface area contributed by atoms with E-state index >= 15 is 0 Å². The molecule has 0 saturated heterocycles. The van der Waals surface area contributed by atoms with Gasteiger partial charge in [-0.1, -0.05) is 29.8 Å². The molecule has 0 radical (unpaired) electrons. The Hall–Kier alpha value is -2.40. The van der Waals surface area contributed by atoms with E-state index in [-0.39, 0.29) is 5.69 Å². The third kappa shape index (κ3) is 2.47. The van der Waals surface area contributed by atoms with Gasteiger partial charge in [-0.25, -0.2) is 14.3 Å². The monoisotopic (exact) mass is 329 g/mol. The van der Waals surface area contributed by atoms with Crippen LogP contribution in [0.5, 0.6) is 0 Å². The molecule has 0 amide bonds. The summed E-state index contributed by atoms with van der Waals surface area (Å²) in [6, 6.07) is 7.55. The molecule has 0 spiro atoms. The van der Waals surface area contributed by atoms with Crippen LogP contribution in [0, 0.1) is 20.8 Å². The fourth-order valence-electron chi connectivity index (χ4n) is 2.80. The lowest BCUT2D eigenvalue weighted by Gasteiger charge is -2.09. The molecule has 0 atom stereocenters. The number of rotatable bonds is 2. The first kappa shape index (κ1) is 15.5. The van der Waals surface area contributed by atoms with Gasteiger partial charge in [0, 0.05) is 6.07 Å². The maximum absolute atomic E-state index is 11.8. The quantitative estimate of drug-likeness (QED) is 0.530. The average molecular weight is 330 g/mol. The van der Waals surface area contributed by atoms with Crippen molar-refractivity contribution in [1.82, 2.24) is 14.6 Å². The topological polar surface area (TPSA) is 56.5 Å². The minimum atomic E-state index is -0.527. The van der Waals surface area contributed by atoms with Crippen LogP contribution in [0.3, 0.4) is 0 Å². The first-order valence-electron chi connectivity index (χ1n) is 7.14. The number of carbonyl (C=O) groups excluding carboxylic acids is 1. The molecular formula is C17H16ClN3O2. The van der Waals surface area contributed by atoms with Crippen molar-refractivity contribution >= 4 is 23.2 Å². The number of aromatic nitrogens is 3. The predicted molar refractivity (Wildman–Crippen MR) is 89.0 cm³/mol. The molecule has 3 rings (SSSR count). The summed E-state index contributed by atoms with van der Waals surface area (Å²) in [5.74, 6) is -0.527. The first-order chi connectivity index (χ1) is 10.9. The van der Waals surface area contributed by atoms with Crippen LogP contribution in [0.1, 0.15) is 27.3 Å². The number of halogens is 1. The third-order valence-corrected chi connectivity index (χ3v) is 4.12. The molecule has 2 heterocycles. The van der Waals surface area contributed by atoms with Gasteiger partial charge < -0.3 is 4.74 Å². The van der Waals surface area contributed by atoms with Crippen LogP contribution in [0.15, 0.2) is 24.3 Å². The minimum absolute atomic E-state index is 0.164. The van der Waals surface area contributed by atoms with E-state index in [1.54, 1.807) is 4.52 Å². The number of ether oxygens (including phenoxy) is 1. The first-order valence-corrected chi connectivity index (χ1v) is 7.52. The SMILES string of the molecule is COC(=O)c1cc(Cl)n2nc(C)c(-c3c(C)cccc3C)c2n1. The van der Waals surface area contributed by atoms with E-state index in [0.717, 1.165) is 27.9 Å². The standard InChI is InChI=1S/C17H16ClN3O2/c1-9-6-5-7-10(2)14(9)15-11(3)20-21-13(18)8-12(17(22)23-4)19-16(15)21/h5-8H,1-4H3. The summed E-state index contributed by atoms with van der Waals surface area (Å²) in [4.78, 5) is 16.3. The third-order valence-electron chi connectivity index (χ3n) is 3.85. The number of aryl methyl sites for hydroxylation is 3. The van der Waals surface area contributed by atoms with Crippen LogP contribution in [0.2, 0.25) is 5.15 Å². The van der Waals surface area contributed by atoms with Gasteiger partial charge in [0.05, 0.1) is 18.4 Å². The van der Waals surface area contributed by atoms with Gasteiger partial charge in [0.15, 0.2) is 11.3 Å². The van der Waals surface area contributed by atoms with E-state index in [4.69, 9.17) is 16.3 Å². The van der Waals surface area contributed by atoms with Crippen molar-refractivity contribution in [3.05, 3.63) is 51.9 Å². The van der Waals surface area contributed by atoms with E-state index in [1.165, 1.54) is 13.2 Å². The highest BCUT2D eigenvalue weighted by Crippen LogP contribution is 2.33. The summed E-state index contributed by atoms with van der Waals surface area (Å²) in [6.45, 7) is 5.98. The molecule has 5 nitrogen and oxygen atoms in total. The Bertz CT molecular complexity index is 911. The Balaban J connectivity index is 2.39. The highest BCUT2D eigenvalue weighted by atomic mass is 35.5. The van der Waals surface area contributed by atoms with Crippen molar-refractivity contribution in [2.45, 2.75) is 20.8 Å². The van der Waals surface area contributed by atoms with Crippen LogP contribution in [0.4, 0.5) is 0 Å². The molecule has 0 bridgehead atoms. The molecule has 3 aromatic rings. The summed E-state index contributed by atoms with van der Waals surface area (Å²) in [5, 5.41) is 4.78. The van der Waals surface area contributed by atoms with Crippen molar-refractivity contribution in [3.63, 3.8) is 0 Å². The second-order valence-corrected chi connectivity index (χ2v) is 5.81. The van der Waals surface area contributed by atoms with Gasteiger partial charge in [0.25, 0.3) is 0 Å². The van der Waals surface area contributed by atoms with Crippen LogP contribution in [-0.2, 0) is 4.74 Å². The normalized spacial score (nSPS) is 11.0. The summed E-state index contributed by atoms with van der Waals surface area (Å²) >= 11 is 6.27. The number of methoxy groups -OCH3 is 1. The number of hydrogen-bond donors (Lipinski definition) is 0. The summed E-state index contributed by atoms with van der Waals surface area (Å²) < 4.78 is 6.30. The van der Waals surface area contributed by atoms with Gasteiger partial charge in [0.1, 0.15) is 5.15 Å². The lowest BCUT2D eigenvalue weighted by Crippen LogP contribution is -2.07. The van der Waals surface area contributed by atoms with Crippen molar-refractivity contribution in [2.75, 3.05) is 7.11 Å². The van der Waals surface area contributed by atoms with Gasteiger partial charge in [0.2, 0.25) is 0 Å². The van der Waals surface area contributed by atoms with Gasteiger partial charge in [-0.05, 0) is 37.5 Å². The number of benzene rings is 1. The molecule has 0 N–H and O–H groups in total. The molecule has 0 aliphatic heterocycles. The Morgan fingerprint density at radius 1 is 1.17 bits per heavy atom. The number of nitrogens with zero attached hydrogens (tertiary/aromatic N) is 3. The van der Waals surface area contributed by atoms with Crippen LogP contribution >= 0.6 is 11.6 Å². The highest BCUT2D eigenvalue weighted by Gasteiger charge is 2.20. The minimum Gasteiger partial charge on any atom is -0.464 e. The Kier molecular flexibility index (Phi) is 3.82. The molecule has 0 aliphatic carbocycles. The van der Waals surface area contributed by atoms with E-state index in [9.17, 15) is 4.79 Å². The van der Waals surface area contributed by atoms with Crippen molar-refractivity contribution in [1.29, 1.82) is 0 Å². The largest absolute Gasteiger partial charge is 0.464 e. The van der Waals surface area contributed by atoms with Crippen molar-refractivity contribution in [3.8, 4) is 11.1 Å². The second kappa shape index (κ2) is 5.66. The second-order valence-electron chi connectivity index (χ2n) is 5.42. The molecule has 2 aromatic heterocycles. The van der Waals surface area contributed by atoms with Gasteiger partial charge in [-0.3, -0.25) is 0 Å². The molecule has 0 fully saturated rings. The molecule has 0 unspecified atom stereocenters. The molecule has 0 saturated carbocycles. The number of fused-ring (bicyclic) bond motifs is 1. The fourth-order valence-corrected chi connectivity index (χ4v) is 3.02. The van der Waals surface area contributed by atoms with Gasteiger partial charge in [-0.2, -0.15) is 5.10 Å². The van der Waals surface area contributed by atoms with E-state index in [2.05, 4.69) is 10.1 Å². The number of esters is 1. The zero-order valence-corrected chi connectivity index (χ0v) is 14.1. The Morgan fingerprint density at radius 2 is 1.83 bits per heavy atom. The van der Waals surface area contributed by atoms with Gasteiger partial charge >= 0.3 is 5.97 Å². The number of carbonyl (C=O) groups is 1. The molecule has 0 aliphatic rings. The Labute approximate surface area is 138 Å². The van der Waals surface area contributed by atoms with Crippen LogP contribution in [0.25, 0.3) is 16.8 Å². The summed E-state index contributed by atoms with van der Waals surface area (Å²) in [6.07, 6.45) is 0. The Morgan fingerprint density at radius 3 is 2.43 bits per heavy atom. The molecule has 23 heavy (non-hydrogen) atoms. The maximum atomic E-state index is 11.8. The van der Waals surface area contributed by atoms with Crippen molar-refractivity contribution in [2.24, 2.45) is 0 Å². The fraction of sp³-hybridized carbons (Fsp3) is 0.235. The maximum Gasteiger partial charge on any atom is 0.356 e. The van der Waals surface area contributed by atoms with Crippen molar-refractivity contribution < 1.29 is 9.53 Å². The van der Waals surface area contributed by atoms with Crippen LogP contribution in [-0.4, -0.2) is 27.7 Å². The van der Waals surface area contributed by atoms with E-state index < -0.39 is 5.97 Å². The zero-order chi connectivity index (χ0) is 16.7. The predicted octanol–water partition coefficient (Wildman–Crippen LogP) is 3.76. The number of hydrogen-bond acceptors (Lipinski definition) is 4. The van der Waals surface area contributed by atoms with Crippen LogP contribution < -0.4 is 0 Å². The zero-order valence-electron chi connectivity index (χ0n) is 13.3. The molecule has 118 valence electrons. The lowest BCUT2D eigenvalue weighted by atomic mass is 9.96. The average Bonchev–Trinajstić information content (AvgIpc) is 2.84. The molecular weight excluding hydrogens is 314 g/mol. The summed E-state index contributed by atoms with van der Waals surface area (Å²) in [7, 11) is 1.32. The van der Waals surface area contributed by atoms with E-state index in [0.29, 0.717) is 10.8 Å². The van der Waals surface area contributed by atoms with Gasteiger partial charge in [-0.15, -0.1) is 0 Å².